The number of hydrogen-bond donors (Lipinski definition) is 0. The lowest BCUT2D eigenvalue weighted by atomic mass is 9.64. The van der Waals surface area contributed by atoms with Crippen molar-refractivity contribution in [2.24, 2.45) is 0 Å². The monoisotopic (exact) mass is 737 g/mol. The Hall–Kier alpha value is -7.00. The molecule has 264 valence electrons. The van der Waals surface area contributed by atoms with Gasteiger partial charge in [0, 0.05) is 5.69 Å². The van der Waals surface area contributed by atoms with Crippen molar-refractivity contribution < 1.29 is 0 Å². The molecule has 0 bridgehead atoms. The minimum absolute atomic E-state index is 0.434. The number of benzene rings is 9. The zero-order valence-corrected chi connectivity index (χ0v) is 32.2. The molecule has 0 saturated carbocycles. The fraction of sp³-hybridized carbons (Fsp3) is 0.0182. The average Bonchev–Trinajstić information content (AvgIpc) is 3.87. The summed E-state index contributed by atoms with van der Waals surface area (Å²) in [5.74, 6) is 0. The Morgan fingerprint density at radius 2 is 0.737 bits per heavy atom. The van der Waals surface area contributed by atoms with E-state index < -0.39 is 13.5 Å². The summed E-state index contributed by atoms with van der Waals surface area (Å²) >= 11 is 0. The Bertz CT molecular complexity index is 3050. The van der Waals surface area contributed by atoms with Gasteiger partial charge < -0.3 is 4.90 Å². The number of fused-ring (bicyclic) bond motifs is 19. The van der Waals surface area contributed by atoms with E-state index in [2.05, 4.69) is 217 Å². The molecule has 3 heterocycles. The van der Waals surface area contributed by atoms with Crippen LogP contribution in [0.2, 0.25) is 0 Å². The van der Waals surface area contributed by atoms with Crippen molar-refractivity contribution in [1.29, 1.82) is 0 Å². The molecule has 0 radical (unpaired) electrons. The number of hydrogen-bond acceptors (Lipinski definition) is 1. The highest BCUT2D eigenvalue weighted by molar-refractivity contribution is 7.24. The van der Waals surface area contributed by atoms with Gasteiger partial charge in [0.15, 0.2) is 8.07 Å². The third-order valence-corrected chi connectivity index (χ3v) is 18.4. The van der Waals surface area contributed by atoms with Crippen LogP contribution in [0.3, 0.4) is 0 Å². The van der Waals surface area contributed by atoms with Crippen LogP contribution in [-0.4, -0.2) is 8.07 Å². The summed E-state index contributed by atoms with van der Waals surface area (Å²) in [7, 11) is -2.75. The highest BCUT2D eigenvalue weighted by atomic mass is 28.3. The van der Waals surface area contributed by atoms with E-state index in [0.29, 0.717) is 0 Å². The molecule has 2 heteroatoms. The first-order valence-corrected chi connectivity index (χ1v) is 22.0. The molecule has 0 saturated heterocycles. The lowest BCUT2D eigenvalue weighted by Crippen LogP contribution is -2.70. The van der Waals surface area contributed by atoms with Gasteiger partial charge in [0.2, 0.25) is 0 Å². The number of anilines is 3. The van der Waals surface area contributed by atoms with Crippen LogP contribution < -0.4 is 25.6 Å². The van der Waals surface area contributed by atoms with Crippen LogP contribution in [0.25, 0.3) is 44.5 Å². The van der Waals surface area contributed by atoms with E-state index in [1.165, 1.54) is 105 Å². The molecule has 1 aliphatic carbocycles. The van der Waals surface area contributed by atoms with Crippen LogP contribution >= 0.6 is 0 Å². The molecule has 1 nitrogen and oxygen atoms in total. The van der Waals surface area contributed by atoms with Gasteiger partial charge in [0.05, 0.1) is 16.8 Å². The fourth-order valence-electron chi connectivity index (χ4n) is 11.4. The molecule has 1 unspecified atom stereocenters. The lowest BCUT2D eigenvalue weighted by molar-refractivity contribution is 0.752. The highest BCUT2D eigenvalue weighted by Crippen LogP contribution is 2.63. The first-order valence-electron chi connectivity index (χ1n) is 20.0. The van der Waals surface area contributed by atoms with E-state index in [1.54, 1.807) is 0 Å². The van der Waals surface area contributed by atoms with Gasteiger partial charge in [-0.05, 0) is 112 Å². The van der Waals surface area contributed by atoms with Gasteiger partial charge in [-0.3, -0.25) is 0 Å². The molecule has 57 heavy (non-hydrogen) atoms. The summed E-state index contributed by atoms with van der Waals surface area (Å²) in [4.78, 5) is 2.56. The SMILES string of the molecule is c1ccc(-c2ccc3c(c2)[Si]2(c4ccccc4-3)c3ccccc3-c3ccc(N4c5ccccc5C5(c6ccccc6-c6ccccc65)c5ccccc54)cc32)cc1. The molecule has 9 aromatic rings. The van der Waals surface area contributed by atoms with E-state index >= 15 is 0 Å². The maximum Gasteiger partial charge on any atom is 0.182 e. The first-order chi connectivity index (χ1) is 28.3. The molecule has 0 aromatic heterocycles. The Kier molecular flexibility index (Phi) is 6.18. The molecule has 4 aliphatic rings. The van der Waals surface area contributed by atoms with E-state index in [0.717, 1.165) is 0 Å². The largest absolute Gasteiger partial charge is 0.310 e. The summed E-state index contributed by atoms with van der Waals surface area (Å²) < 4.78 is 0. The van der Waals surface area contributed by atoms with Crippen molar-refractivity contribution in [3.05, 3.63) is 235 Å². The minimum Gasteiger partial charge on any atom is -0.310 e. The van der Waals surface area contributed by atoms with Crippen LogP contribution in [0.4, 0.5) is 17.1 Å². The lowest BCUT2D eigenvalue weighted by Gasteiger charge is -2.45. The molecule has 13 rings (SSSR count). The summed E-state index contributed by atoms with van der Waals surface area (Å²) in [6.45, 7) is 0. The Morgan fingerprint density at radius 1 is 0.298 bits per heavy atom. The normalized spacial score (nSPS) is 16.6. The van der Waals surface area contributed by atoms with Crippen molar-refractivity contribution >= 4 is 45.9 Å². The number of para-hydroxylation sites is 2. The van der Waals surface area contributed by atoms with E-state index in [9.17, 15) is 0 Å². The van der Waals surface area contributed by atoms with Gasteiger partial charge in [0.25, 0.3) is 0 Å². The Morgan fingerprint density at radius 3 is 1.33 bits per heavy atom. The van der Waals surface area contributed by atoms with Gasteiger partial charge in [-0.1, -0.05) is 188 Å². The summed E-state index contributed by atoms with van der Waals surface area (Å²) in [6.07, 6.45) is 0. The zero-order valence-electron chi connectivity index (χ0n) is 31.2. The third-order valence-electron chi connectivity index (χ3n) is 13.5. The maximum atomic E-state index is 2.59. The smallest absolute Gasteiger partial charge is 0.182 e. The number of rotatable bonds is 2. The second kappa shape index (κ2) is 11.3. The molecular formula is C55H35NSi. The molecule has 3 aliphatic heterocycles. The molecule has 0 N–H and O–H groups in total. The predicted octanol–water partition coefficient (Wildman–Crippen LogP) is 10.8. The van der Waals surface area contributed by atoms with Crippen LogP contribution in [0.1, 0.15) is 22.3 Å². The average molecular weight is 738 g/mol. The molecule has 1 atom stereocenters. The van der Waals surface area contributed by atoms with Crippen molar-refractivity contribution in [2.45, 2.75) is 5.41 Å². The second-order valence-corrected chi connectivity index (χ2v) is 19.6. The van der Waals surface area contributed by atoms with Crippen molar-refractivity contribution in [3.63, 3.8) is 0 Å². The van der Waals surface area contributed by atoms with Crippen LogP contribution in [0.5, 0.6) is 0 Å². The molecular weight excluding hydrogens is 703 g/mol. The van der Waals surface area contributed by atoms with E-state index in [1.807, 2.05) is 0 Å². The Labute approximate surface area is 333 Å². The van der Waals surface area contributed by atoms with Crippen LogP contribution in [0, 0.1) is 0 Å². The zero-order chi connectivity index (χ0) is 37.3. The van der Waals surface area contributed by atoms with Gasteiger partial charge in [-0.2, -0.15) is 0 Å². The summed E-state index contributed by atoms with van der Waals surface area (Å²) in [5, 5.41) is 5.95. The predicted molar refractivity (Wildman–Crippen MR) is 239 cm³/mol. The van der Waals surface area contributed by atoms with Gasteiger partial charge in [-0.15, -0.1) is 0 Å². The van der Waals surface area contributed by atoms with Crippen molar-refractivity contribution in [3.8, 4) is 44.5 Å². The van der Waals surface area contributed by atoms with Gasteiger partial charge >= 0.3 is 0 Å². The minimum atomic E-state index is -2.75. The molecule has 0 amide bonds. The third kappa shape index (κ3) is 3.79. The van der Waals surface area contributed by atoms with Crippen LogP contribution in [-0.2, 0) is 5.41 Å². The van der Waals surface area contributed by atoms with E-state index in [-0.39, 0.29) is 0 Å². The maximum absolute atomic E-state index is 2.75. The van der Waals surface area contributed by atoms with Gasteiger partial charge in [0.1, 0.15) is 0 Å². The first kappa shape index (κ1) is 31.2. The Balaban J connectivity index is 1.10. The highest BCUT2D eigenvalue weighted by Gasteiger charge is 2.55. The summed E-state index contributed by atoms with van der Waals surface area (Å²) in [6, 6.07) is 80.6. The van der Waals surface area contributed by atoms with Crippen molar-refractivity contribution in [2.75, 3.05) is 4.90 Å². The van der Waals surface area contributed by atoms with Crippen LogP contribution in [0.15, 0.2) is 212 Å². The fourth-order valence-corrected chi connectivity index (χ4v) is 17.1. The van der Waals surface area contributed by atoms with Gasteiger partial charge in [-0.25, -0.2) is 0 Å². The van der Waals surface area contributed by atoms with Crippen molar-refractivity contribution in [1.82, 2.24) is 0 Å². The molecule has 9 aromatic carbocycles. The quantitative estimate of drug-likeness (QED) is 0.160. The number of nitrogens with zero attached hydrogens (tertiary/aromatic N) is 1. The molecule has 0 fully saturated rings. The molecule has 2 spiro atoms. The summed E-state index contributed by atoms with van der Waals surface area (Å²) in [5.41, 5.74) is 19.2. The topological polar surface area (TPSA) is 3.24 Å². The second-order valence-electron chi connectivity index (χ2n) is 15.9. The standard InChI is InChI=1S/C55H35NSi/c1-2-16-36(17-3-1)37-30-32-43-41-20-6-14-28-51(41)57(53(43)34-37)52-29-15-7-21-42(52)44-33-31-38(35-54(44)57)56-49-26-12-10-24-47(49)55(48-25-11-13-27-50(48)56)45-22-8-4-18-39(45)40-19-5-9-23-46(40)55/h1-35H. The van der Waals surface area contributed by atoms with E-state index in [4.69, 9.17) is 0 Å².